The van der Waals surface area contributed by atoms with E-state index in [2.05, 4.69) is 6.58 Å². The van der Waals surface area contributed by atoms with Crippen molar-refractivity contribution in [3.63, 3.8) is 0 Å². The Bertz CT molecular complexity index is 1580. The molecule has 0 bridgehead atoms. The van der Waals surface area contributed by atoms with Crippen molar-refractivity contribution < 1.29 is 36.3 Å². The molecule has 5 atom stereocenters. The Hall–Kier alpha value is -3.67. The maximum absolute atomic E-state index is 13.2. The van der Waals surface area contributed by atoms with E-state index in [4.69, 9.17) is 27.9 Å². The molecular weight excluding hydrogens is 604 g/mol. The van der Waals surface area contributed by atoms with Gasteiger partial charge < -0.3 is 23.7 Å². The minimum Gasteiger partial charge on any atom is -0.368 e. The Morgan fingerprint density at radius 3 is 1.63 bits per heavy atom. The molecule has 0 aliphatic carbocycles. The van der Waals surface area contributed by atoms with Crippen LogP contribution in [0.1, 0.15) is 22.3 Å². The van der Waals surface area contributed by atoms with Crippen LogP contribution in [0.4, 0.5) is 0 Å². The van der Waals surface area contributed by atoms with Crippen molar-refractivity contribution in [1.29, 1.82) is 0 Å². The summed E-state index contributed by atoms with van der Waals surface area (Å²) in [7, 11) is -4.10. The van der Waals surface area contributed by atoms with Gasteiger partial charge in [-0.1, -0.05) is 115 Å². The first-order chi connectivity index (χ1) is 22.4. The summed E-state index contributed by atoms with van der Waals surface area (Å²) in [6.45, 7) is 6.26. The van der Waals surface area contributed by atoms with Crippen molar-refractivity contribution in [3.05, 3.63) is 150 Å². The summed E-state index contributed by atoms with van der Waals surface area (Å²) >= 11 is 0. The van der Waals surface area contributed by atoms with Crippen LogP contribution in [0.3, 0.4) is 0 Å². The third kappa shape index (κ3) is 9.43. The van der Waals surface area contributed by atoms with Gasteiger partial charge in [0.1, 0.15) is 24.4 Å². The summed E-state index contributed by atoms with van der Waals surface area (Å²) in [5, 5.41) is 0. The fourth-order valence-corrected chi connectivity index (χ4v) is 6.03. The molecule has 0 spiro atoms. The molecule has 242 valence electrons. The molecule has 1 saturated heterocycles. The molecule has 1 aliphatic rings. The van der Waals surface area contributed by atoms with Crippen molar-refractivity contribution in [2.45, 2.75) is 62.3 Å². The Morgan fingerprint density at radius 1 is 0.652 bits per heavy atom. The Kier molecular flexibility index (Phi) is 12.3. The van der Waals surface area contributed by atoms with Crippen LogP contribution in [0.2, 0.25) is 0 Å². The van der Waals surface area contributed by atoms with Gasteiger partial charge in [0.05, 0.1) is 37.9 Å². The van der Waals surface area contributed by atoms with Gasteiger partial charge in [-0.05, 0) is 35.7 Å². The zero-order valence-electron chi connectivity index (χ0n) is 25.9. The monoisotopic (exact) mass is 644 g/mol. The quantitative estimate of drug-likeness (QED) is 0.103. The minimum absolute atomic E-state index is 0.0519. The lowest BCUT2D eigenvalue weighted by molar-refractivity contribution is -0.323. The SMILES string of the molecule is C=CCO[C@@H]1O[C@H](COS(=O)(=O)c2ccc(C)cc2)[C@H](OCc2ccccc2)[C@H](OCc2ccccc2)[C@H]1OCc1ccccc1. The normalized spacial score (nSPS) is 21.5. The van der Waals surface area contributed by atoms with E-state index in [9.17, 15) is 8.42 Å². The highest BCUT2D eigenvalue weighted by Gasteiger charge is 2.49. The standard InChI is InChI=1S/C37H40O8S/c1-3-23-40-37-36(43-26-31-17-11-6-12-18-31)35(42-25-30-15-9-5-10-16-30)34(41-24-29-13-7-4-8-14-29)33(45-37)27-44-46(38,39)32-21-19-28(2)20-22-32/h3-22,33-37H,1,23-27H2,2H3/t33-,34+,35+,36-,37-/m1/s1. The molecule has 1 heterocycles. The lowest BCUT2D eigenvalue weighted by Crippen LogP contribution is -2.61. The third-order valence-electron chi connectivity index (χ3n) is 7.52. The number of hydrogen-bond donors (Lipinski definition) is 0. The molecule has 0 saturated carbocycles. The molecule has 4 aromatic carbocycles. The largest absolute Gasteiger partial charge is 0.368 e. The number of rotatable bonds is 16. The van der Waals surface area contributed by atoms with Gasteiger partial charge in [0, 0.05) is 0 Å². The zero-order valence-corrected chi connectivity index (χ0v) is 26.7. The predicted octanol–water partition coefficient (Wildman–Crippen LogP) is 6.38. The summed E-state index contributed by atoms with van der Waals surface area (Å²) in [6, 6.07) is 35.7. The minimum atomic E-state index is -4.10. The first kappa shape index (κ1) is 33.7. The topological polar surface area (TPSA) is 89.5 Å². The van der Waals surface area contributed by atoms with E-state index in [1.165, 1.54) is 12.1 Å². The number of benzene rings is 4. The lowest BCUT2D eigenvalue weighted by Gasteiger charge is -2.45. The van der Waals surface area contributed by atoms with Crippen molar-refractivity contribution in [2.75, 3.05) is 13.2 Å². The van der Waals surface area contributed by atoms with Crippen LogP contribution in [0.25, 0.3) is 0 Å². The van der Waals surface area contributed by atoms with Crippen molar-refractivity contribution in [3.8, 4) is 0 Å². The lowest BCUT2D eigenvalue weighted by atomic mass is 9.98. The molecule has 4 aromatic rings. The van der Waals surface area contributed by atoms with Crippen LogP contribution >= 0.6 is 0 Å². The molecule has 1 fully saturated rings. The van der Waals surface area contributed by atoms with Gasteiger partial charge >= 0.3 is 0 Å². The van der Waals surface area contributed by atoms with Crippen LogP contribution < -0.4 is 0 Å². The van der Waals surface area contributed by atoms with Crippen molar-refractivity contribution in [1.82, 2.24) is 0 Å². The summed E-state index contributed by atoms with van der Waals surface area (Å²) in [6.07, 6.45) is -2.48. The summed E-state index contributed by atoms with van der Waals surface area (Å²) in [4.78, 5) is 0.0519. The second-order valence-electron chi connectivity index (χ2n) is 11.0. The highest BCUT2D eigenvalue weighted by Crippen LogP contribution is 2.32. The van der Waals surface area contributed by atoms with E-state index in [1.807, 2.05) is 97.9 Å². The average molecular weight is 645 g/mol. The number of aryl methyl sites for hydroxylation is 1. The molecule has 0 unspecified atom stereocenters. The van der Waals surface area contributed by atoms with Crippen LogP contribution in [0.15, 0.2) is 133 Å². The Balaban J connectivity index is 1.46. The highest BCUT2D eigenvalue weighted by molar-refractivity contribution is 7.86. The van der Waals surface area contributed by atoms with Gasteiger partial charge in [0.2, 0.25) is 0 Å². The molecule has 1 aliphatic heterocycles. The van der Waals surface area contributed by atoms with E-state index >= 15 is 0 Å². The number of ether oxygens (including phenoxy) is 5. The second kappa shape index (κ2) is 16.8. The molecule has 0 amide bonds. The van der Waals surface area contributed by atoms with Gasteiger partial charge in [-0.25, -0.2) is 0 Å². The Morgan fingerprint density at radius 2 is 1.13 bits per heavy atom. The van der Waals surface area contributed by atoms with Crippen LogP contribution in [0.5, 0.6) is 0 Å². The smallest absolute Gasteiger partial charge is 0.297 e. The molecule has 46 heavy (non-hydrogen) atoms. The van der Waals surface area contributed by atoms with Crippen LogP contribution in [0, 0.1) is 6.92 Å². The first-order valence-corrected chi connectivity index (χ1v) is 16.6. The van der Waals surface area contributed by atoms with E-state index in [1.54, 1.807) is 18.2 Å². The molecule has 0 radical (unpaired) electrons. The molecule has 0 N–H and O–H groups in total. The first-order valence-electron chi connectivity index (χ1n) is 15.2. The van der Waals surface area contributed by atoms with Gasteiger partial charge in [0.15, 0.2) is 6.29 Å². The van der Waals surface area contributed by atoms with E-state index in [-0.39, 0.29) is 37.9 Å². The zero-order chi connectivity index (χ0) is 32.2. The predicted molar refractivity (Wildman–Crippen MR) is 174 cm³/mol. The van der Waals surface area contributed by atoms with Gasteiger partial charge in [-0.3, -0.25) is 4.18 Å². The molecule has 5 rings (SSSR count). The fraction of sp³-hybridized carbons (Fsp3) is 0.297. The third-order valence-corrected chi connectivity index (χ3v) is 8.82. The van der Waals surface area contributed by atoms with Crippen LogP contribution in [-0.2, 0) is 57.8 Å². The van der Waals surface area contributed by atoms with Crippen molar-refractivity contribution in [2.24, 2.45) is 0 Å². The molecule has 0 aromatic heterocycles. The molecule has 9 heteroatoms. The van der Waals surface area contributed by atoms with Crippen LogP contribution in [-0.4, -0.2) is 52.3 Å². The van der Waals surface area contributed by atoms with E-state index in [0.717, 1.165) is 22.3 Å². The maximum atomic E-state index is 13.2. The summed E-state index contributed by atoms with van der Waals surface area (Å²) in [5.74, 6) is 0. The summed E-state index contributed by atoms with van der Waals surface area (Å²) in [5.41, 5.74) is 3.79. The maximum Gasteiger partial charge on any atom is 0.297 e. The molecule has 8 nitrogen and oxygen atoms in total. The van der Waals surface area contributed by atoms with Crippen molar-refractivity contribution >= 4 is 10.1 Å². The van der Waals surface area contributed by atoms with Gasteiger partial charge in [-0.15, -0.1) is 6.58 Å². The Labute approximate surface area is 271 Å². The molecular formula is C37H40O8S. The average Bonchev–Trinajstić information content (AvgIpc) is 3.09. The van der Waals surface area contributed by atoms with E-state index < -0.39 is 40.8 Å². The fourth-order valence-electron chi connectivity index (χ4n) is 5.11. The van der Waals surface area contributed by atoms with E-state index in [0.29, 0.717) is 0 Å². The number of hydrogen-bond acceptors (Lipinski definition) is 8. The van der Waals surface area contributed by atoms with Gasteiger partial charge in [-0.2, -0.15) is 8.42 Å². The second-order valence-corrected chi connectivity index (χ2v) is 12.6. The summed E-state index contributed by atoms with van der Waals surface area (Å²) < 4.78 is 64.2. The van der Waals surface area contributed by atoms with Gasteiger partial charge in [0.25, 0.3) is 10.1 Å². The highest BCUT2D eigenvalue weighted by atomic mass is 32.2.